The number of nitriles is 2. The fourth-order valence-corrected chi connectivity index (χ4v) is 5.84. The number of hydrogen-bond donors (Lipinski definition) is 1. The van der Waals surface area contributed by atoms with E-state index in [0.717, 1.165) is 24.8 Å². The molecule has 3 aliphatic heterocycles. The Kier molecular flexibility index (Phi) is 4.73. The molecule has 1 unspecified atom stereocenters. The first-order valence-electron chi connectivity index (χ1n) is 11.0. The smallest absolute Gasteiger partial charge is 0.242 e. The van der Waals surface area contributed by atoms with Crippen LogP contribution in [0.3, 0.4) is 0 Å². The highest BCUT2D eigenvalue weighted by Gasteiger charge is 2.56. The highest BCUT2D eigenvalue weighted by molar-refractivity contribution is 5.87. The van der Waals surface area contributed by atoms with Crippen LogP contribution in [0, 0.1) is 28.6 Å². The van der Waals surface area contributed by atoms with E-state index in [4.69, 9.17) is 11.0 Å². The van der Waals surface area contributed by atoms with Crippen molar-refractivity contribution in [3.8, 4) is 12.1 Å². The molecular weight excluding hydrogens is 392 g/mol. The number of benzene rings is 1. The average Bonchev–Trinajstić information content (AvgIpc) is 3.11. The molecule has 4 aliphatic rings. The molecule has 8 heteroatoms. The SMILES string of the molecule is C[C@@H](c1cccc(C#N)c1)N1C(=O)[C@@H]2C[C@H]1CN2C[C@H](N)C(=O)N1[C@H](C#N)CC2C[C@@H]21. The predicted octanol–water partition coefficient (Wildman–Crippen LogP) is 0.745. The number of piperazine rings is 1. The molecule has 4 fully saturated rings. The molecule has 3 heterocycles. The van der Waals surface area contributed by atoms with E-state index in [1.165, 1.54) is 0 Å². The molecule has 0 aromatic heterocycles. The molecule has 0 radical (unpaired) electrons. The van der Waals surface area contributed by atoms with Gasteiger partial charge in [0.2, 0.25) is 11.8 Å². The van der Waals surface area contributed by atoms with Crippen LogP contribution in [0.2, 0.25) is 0 Å². The van der Waals surface area contributed by atoms with Crippen molar-refractivity contribution < 1.29 is 9.59 Å². The summed E-state index contributed by atoms with van der Waals surface area (Å²) in [5, 5.41) is 18.5. The van der Waals surface area contributed by atoms with Gasteiger partial charge < -0.3 is 15.5 Å². The third-order valence-corrected chi connectivity index (χ3v) is 7.49. The summed E-state index contributed by atoms with van der Waals surface area (Å²) in [5.74, 6) is 0.356. The van der Waals surface area contributed by atoms with E-state index in [2.05, 4.69) is 12.1 Å². The monoisotopic (exact) mass is 418 g/mol. The van der Waals surface area contributed by atoms with E-state index in [0.29, 0.717) is 24.6 Å². The highest BCUT2D eigenvalue weighted by Crippen LogP contribution is 2.48. The lowest BCUT2D eigenvalue weighted by molar-refractivity contribution is -0.141. The molecule has 31 heavy (non-hydrogen) atoms. The lowest BCUT2D eigenvalue weighted by Crippen LogP contribution is -2.57. The first kappa shape index (κ1) is 20.0. The Morgan fingerprint density at radius 3 is 2.81 bits per heavy atom. The summed E-state index contributed by atoms with van der Waals surface area (Å²) in [6.45, 7) is 3.02. The molecule has 160 valence electrons. The van der Waals surface area contributed by atoms with Crippen LogP contribution < -0.4 is 5.73 Å². The Balaban J connectivity index is 1.24. The third kappa shape index (κ3) is 3.18. The number of rotatable bonds is 5. The van der Waals surface area contributed by atoms with Gasteiger partial charge in [0, 0.05) is 25.2 Å². The second kappa shape index (κ2) is 7.33. The number of amides is 2. The normalized spacial score (nSPS) is 33.0. The van der Waals surface area contributed by atoms with Gasteiger partial charge in [-0.25, -0.2) is 0 Å². The van der Waals surface area contributed by atoms with Gasteiger partial charge in [-0.05, 0) is 49.8 Å². The van der Waals surface area contributed by atoms with Gasteiger partial charge in [-0.3, -0.25) is 14.5 Å². The molecule has 0 spiro atoms. The van der Waals surface area contributed by atoms with Crippen molar-refractivity contribution in [2.45, 2.75) is 62.4 Å². The van der Waals surface area contributed by atoms with Crippen molar-refractivity contribution in [2.75, 3.05) is 13.1 Å². The number of piperidine rings is 1. The Morgan fingerprint density at radius 1 is 1.29 bits per heavy atom. The van der Waals surface area contributed by atoms with Gasteiger partial charge >= 0.3 is 0 Å². The van der Waals surface area contributed by atoms with Gasteiger partial charge in [-0.1, -0.05) is 12.1 Å². The Hall–Kier alpha value is -2.94. The lowest BCUT2D eigenvalue weighted by Gasteiger charge is -2.38. The largest absolute Gasteiger partial charge is 0.330 e. The maximum atomic E-state index is 13.2. The van der Waals surface area contributed by atoms with Crippen molar-refractivity contribution in [1.82, 2.24) is 14.7 Å². The van der Waals surface area contributed by atoms with Crippen LogP contribution in [0.15, 0.2) is 24.3 Å². The van der Waals surface area contributed by atoms with E-state index >= 15 is 0 Å². The first-order chi connectivity index (χ1) is 14.9. The van der Waals surface area contributed by atoms with E-state index in [1.54, 1.807) is 11.0 Å². The quantitative estimate of drug-likeness (QED) is 0.754. The number of fused-ring (bicyclic) bond motifs is 3. The standard InChI is InChI=1S/C23H26N6O2/c1-13(15-4-2-3-14(5-15)9-24)28-18-8-21(23(28)31)27(11-18)12-19(26)22(30)29-17(10-25)6-16-7-20(16)29/h2-5,13,16-21H,6-8,11-12,26H2,1H3/t13-,16?,17-,18-,19-,20-,21-/m0/s1. The highest BCUT2D eigenvalue weighted by atomic mass is 16.2. The Labute approximate surface area is 181 Å². The second-order valence-electron chi connectivity index (χ2n) is 9.31. The van der Waals surface area contributed by atoms with Crippen LogP contribution in [0.4, 0.5) is 0 Å². The summed E-state index contributed by atoms with van der Waals surface area (Å²) in [4.78, 5) is 31.8. The number of likely N-dealkylation sites (tertiary alicyclic amines) is 3. The molecule has 1 aromatic rings. The minimum Gasteiger partial charge on any atom is -0.330 e. The first-order valence-corrected chi connectivity index (χ1v) is 11.0. The molecule has 5 rings (SSSR count). The summed E-state index contributed by atoms with van der Waals surface area (Å²) in [7, 11) is 0. The second-order valence-corrected chi connectivity index (χ2v) is 9.31. The molecule has 7 atom stereocenters. The zero-order valence-corrected chi connectivity index (χ0v) is 17.5. The summed E-state index contributed by atoms with van der Waals surface area (Å²) in [5.41, 5.74) is 7.81. The van der Waals surface area contributed by atoms with Crippen LogP contribution in [0.1, 0.15) is 43.4 Å². The Bertz CT molecular complexity index is 1010. The topological polar surface area (TPSA) is 117 Å². The summed E-state index contributed by atoms with van der Waals surface area (Å²) < 4.78 is 0. The van der Waals surface area contributed by atoms with Crippen LogP contribution in [-0.2, 0) is 9.59 Å². The number of carbonyl (C=O) groups is 2. The minimum atomic E-state index is -0.722. The van der Waals surface area contributed by atoms with Crippen molar-refractivity contribution in [3.05, 3.63) is 35.4 Å². The minimum absolute atomic E-state index is 0.0593. The fraction of sp³-hybridized carbons (Fsp3) is 0.565. The molecule has 1 aliphatic carbocycles. The maximum absolute atomic E-state index is 13.2. The summed E-state index contributed by atoms with van der Waals surface area (Å²) in [6.07, 6.45) is 2.47. The zero-order valence-electron chi connectivity index (χ0n) is 17.5. The van der Waals surface area contributed by atoms with Gasteiger partial charge in [0.05, 0.1) is 35.8 Å². The molecule has 2 amide bonds. The van der Waals surface area contributed by atoms with Crippen LogP contribution >= 0.6 is 0 Å². The van der Waals surface area contributed by atoms with Gasteiger partial charge in [0.15, 0.2) is 0 Å². The molecule has 1 saturated carbocycles. The van der Waals surface area contributed by atoms with Crippen molar-refractivity contribution >= 4 is 11.8 Å². The maximum Gasteiger partial charge on any atom is 0.242 e. The molecule has 8 nitrogen and oxygen atoms in total. The van der Waals surface area contributed by atoms with Crippen LogP contribution in [-0.4, -0.2) is 69.8 Å². The number of hydrogen-bond acceptors (Lipinski definition) is 6. The number of nitrogens with two attached hydrogens (primary N) is 1. The number of nitrogens with zero attached hydrogens (tertiary/aromatic N) is 5. The molecule has 2 N–H and O–H groups in total. The molecule has 1 aromatic carbocycles. The van der Waals surface area contributed by atoms with Gasteiger partial charge in [-0.15, -0.1) is 0 Å². The van der Waals surface area contributed by atoms with Crippen LogP contribution in [0.5, 0.6) is 0 Å². The summed E-state index contributed by atoms with van der Waals surface area (Å²) >= 11 is 0. The van der Waals surface area contributed by atoms with E-state index in [9.17, 15) is 14.9 Å². The third-order valence-electron chi connectivity index (χ3n) is 7.49. The van der Waals surface area contributed by atoms with E-state index < -0.39 is 6.04 Å². The van der Waals surface area contributed by atoms with Gasteiger partial charge in [0.25, 0.3) is 0 Å². The Morgan fingerprint density at radius 2 is 2.10 bits per heavy atom. The predicted molar refractivity (Wildman–Crippen MR) is 111 cm³/mol. The fourth-order valence-electron chi connectivity index (χ4n) is 5.84. The van der Waals surface area contributed by atoms with Gasteiger partial charge in [-0.2, -0.15) is 10.5 Å². The molecule has 3 saturated heterocycles. The number of carbonyl (C=O) groups excluding carboxylic acids is 2. The average molecular weight is 419 g/mol. The van der Waals surface area contributed by atoms with E-state index in [-0.39, 0.29) is 42.0 Å². The molecule has 2 bridgehead atoms. The lowest BCUT2D eigenvalue weighted by atomic mass is 10.0. The zero-order chi connectivity index (χ0) is 21.9. The van der Waals surface area contributed by atoms with Crippen molar-refractivity contribution in [1.29, 1.82) is 10.5 Å². The van der Waals surface area contributed by atoms with Crippen molar-refractivity contribution in [3.63, 3.8) is 0 Å². The summed E-state index contributed by atoms with van der Waals surface area (Å²) in [6, 6.07) is 10.6. The van der Waals surface area contributed by atoms with Crippen molar-refractivity contribution in [2.24, 2.45) is 11.7 Å². The van der Waals surface area contributed by atoms with Gasteiger partial charge in [0.1, 0.15) is 6.04 Å². The van der Waals surface area contributed by atoms with Crippen LogP contribution in [0.25, 0.3) is 0 Å². The molecular formula is C23H26N6O2. The van der Waals surface area contributed by atoms with E-state index in [1.807, 2.05) is 34.9 Å².